The minimum absolute atomic E-state index is 0.0379. The standard InChI is InChI=1S/C10H15NO3/c1-8-4-5-11(9(12)6-8)7-10(13-2)14-3/h4-6,10H,7H2,1-3H3. The Morgan fingerprint density at radius 3 is 2.57 bits per heavy atom. The van der Waals surface area contributed by atoms with Gasteiger partial charge in [0.25, 0.3) is 5.56 Å². The molecule has 0 aliphatic carbocycles. The minimum atomic E-state index is -0.379. The quantitative estimate of drug-likeness (QED) is 0.669. The summed E-state index contributed by atoms with van der Waals surface area (Å²) in [6, 6.07) is 3.46. The van der Waals surface area contributed by atoms with E-state index in [9.17, 15) is 4.79 Å². The van der Waals surface area contributed by atoms with Gasteiger partial charge < -0.3 is 14.0 Å². The summed E-state index contributed by atoms with van der Waals surface area (Å²) < 4.78 is 11.6. The van der Waals surface area contributed by atoms with Crippen molar-refractivity contribution in [2.45, 2.75) is 19.8 Å². The second kappa shape index (κ2) is 4.93. The lowest BCUT2D eigenvalue weighted by Crippen LogP contribution is -2.28. The average molecular weight is 197 g/mol. The lowest BCUT2D eigenvalue weighted by Gasteiger charge is -2.14. The van der Waals surface area contributed by atoms with Crippen LogP contribution in [0.3, 0.4) is 0 Å². The fourth-order valence-corrected chi connectivity index (χ4v) is 1.16. The highest BCUT2D eigenvalue weighted by molar-refractivity contribution is 5.07. The summed E-state index contributed by atoms with van der Waals surface area (Å²) in [6.45, 7) is 2.29. The number of pyridine rings is 1. The zero-order chi connectivity index (χ0) is 10.6. The summed E-state index contributed by atoms with van der Waals surface area (Å²) in [5, 5.41) is 0. The molecule has 0 saturated carbocycles. The summed E-state index contributed by atoms with van der Waals surface area (Å²) in [5.41, 5.74) is 0.918. The zero-order valence-corrected chi connectivity index (χ0v) is 8.69. The van der Waals surface area contributed by atoms with Crippen LogP contribution in [0.4, 0.5) is 0 Å². The number of rotatable bonds is 4. The van der Waals surface area contributed by atoms with E-state index in [0.29, 0.717) is 6.54 Å². The van der Waals surface area contributed by atoms with Gasteiger partial charge in [-0.3, -0.25) is 4.79 Å². The molecule has 0 unspecified atom stereocenters. The molecule has 0 radical (unpaired) electrons. The number of aryl methyl sites for hydroxylation is 1. The predicted molar refractivity (Wildman–Crippen MR) is 53.2 cm³/mol. The van der Waals surface area contributed by atoms with E-state index in [0.717, 1.165) is 5.56 Å². The highest BCUT2D eigenvalue weighted by atomic mass is 16.7. The number of hydrogen-bond donors (Lipinski definition) is 0. The van der Waals surface area contributed by atoms with Crippen LogP contribution in [0.25, 0.3) is 0 Å². The molecule has 1 aromatic rings. The third-order valence-corrected chi connectivity index (χ3v) is 2.02. The van der Waals surface area contributed by atoms with Gasteiger partial charge in [0.05, 0.1) is 6.54 Å². The second-order valence-electron chi connectivity index (χ2n) is 3.10. The van der Waals surface area contributed by atoms with Gasteiger partial charge in [-0.1, -0.05) is 0 Å². The molecule has 0 aromatic carbocycles. The first-order valence-corrected chi connectivity index (χ1v) is 4.40. The molecule has 0 amide bonds. The van der Waals surface area contributed by atoms with Crippen LogP contribution in [-0.4, -0.2) is 25.1 Å². The van der Waals surface area contributed by atoms with E-state index in [1.807, 2.05) is 13.0 Å². The molecule has 1 rings (SSSR count). The third-order valence-electron chi connectivity index (χ3n) is 2.02. The number of ether oxygens (including phenoxy) is 2. The van der Waals surface area contributed by atoms with Crippen molar-refractivity contribution < 1.29 is 9.47 Å². The van der Waals surface area contributed by atoms with Gasteiger partial charge in [-0.05, 0) is 18.6 Å². The maximum atomic E-state index is 11.5. The van der Waals surface area contributed by atoms with Gasteiger partial charge >= 0.3 is 0 Å². The Hall–Kier alpha value is -1.13. The van der Waals surface area contributed by atoms with Crippen LogP contribution in [0.15, 0.2) is 23.1 Å². The van der Waals surface area contributed by atoms with E-state index in [1.165, 1.54) is 0 Å². The first kappa shape index (κ1) is 10.9. The van der Waals surface area contributed by atoms with E-state index in [4.69, 9.17) is 9.47 Å². The molecule has 1 heterocycles. The van der Waals surface area contributed by atoms with Gasteiger partial charge in [0.2, 0.25) is 0 Å². The summed E-state index contributed by atoms with van der Waals surface area (Å²) >= 11 is 0. The summed E-state index contributed by atoms with van der Waals surface area (Å²) in [6.07, 6.45) is 1.36. The van der Waals surface area contributed by atoms with Crippen LogP contribution in [-0.2, 0) is 16.0 Å². The first-order chi connectivity index (χ1) is 6.67. The van der Waals surface area contributed by atoms with Crippen LogP contribution in [0.5, 0.6) is 0 Å². The van der Waals surface area contributed by atoms with E-state index >= 15 is 0 Å². The number of nitrogens with zero attached hydrogens (tertiary/aromatic N) is 1. The largest absolute Gasteiger partial charge is 0.354 e. The normalized spacial score (nSPS) is 10.9. The van der Waals surface area contributed by atoms with E-state index in [1.54, 1.807) is 31.0 Å². The highest BCUT2D eigenvalue weighted by Crippen LogP contribution is 1.96. The van der Waals surface area contributed by atoms with Crippen LogP contribution >= 0.6 is 0 Å². The Labute approximate surface area is 83.1 Å². The molecule has 4 nitrogen and oxygen atoms in total. The van der Waals surface area contributed by atoms with Crippen molar-refractivity contribution in [3.05, 3.63) is 34.2 Å². The van der Waals surface area contributed by atoms with Gasteiger partial charge in [0.15, 0.2) is 6.29 Å². The minimum Gasteiger partial charge on any atom is -0.354 e. The number of hydrogen-bond acceptors (Lipinski definition) is 3. The lowest BCUT2D eigenvalue weighted by atomic mass is 10.3. The molecule has 1 aromatic heterocycles. The third kappa shape index (κ3) is 2.68. The molecular weight excluding hydrogens is 182 g/mol. The highest BCUT2D eigenvalue weighted by Gasteiger charge is 2.06. The Kier molecular flexibility index (Phi) is 3.85. The SMILES string of the molecule is COC(Cn1ccc(C)cc1=O)OC. The number of methoxy groups -OCH3 is 2. The smallest absolute Gasteiger partial charge is 0.250 e. The van der Waals surface area contributed by atoms with Gasteiger partial charge in [-0.2, -0.15) is 0 Å². The molecular formula is C10H15NO3. The Bertz CT molecular complexity index is 341. The number of aromatic nitrogens is 1. The van der Waals surface area contributed by atoms with Crippen molar-refractivity contribution in [2.24, 2.45) is 0 Å². The lowest BCUT2D eigenvalue weighted by molar-refractivity contribution is -0.111. The summed E-state index contributed by atoms with van der Waals surface area (Å²) in [5.74, 6) is 0. The monoisotopic (exact) mass is 197 g/mol. The average Bonchev–Trinajstić information content (AvgIpc) is 2.17. The molecule has 0 saturated heterocycles. The maximum absolute atomic E-state index is 11.5. The summed E-state index contributed by atoms with van der Waals surface area (Å²) in [4.78, 5) is 11.5. The molecule has 0 spiro atoms. The molecule has 0 atom stereocenters. The fraction of sp³-hybridized carbons (Fsp3) is 0.500. The van der Waals surface area contributed by atoms with Crippen molar-refractivity contribution in [1.82, 2.24) is 4.57 Å². The Balaban J connectivity index is 2.81. The van der Waals surface area contributed by atoms with Crippen molar-refractivity contribution in [3.8, 4) is 0 Å². The Morgan fingerprint density at radius 2 is 2.07 bits per heavy atom. The predicted octanol–water partition coefficient (Wildman–Crippen LogP) is 0.776. The van der Waals surface area contributed by atoms with Crippen LogP contribution in [0, 0.1) is 6.92 Å². The van der Waals surface area contributed by atoms with E-state index in [2.05, 4.69) is 0 Å². The second-order valence-corrected chi connectivity index (χ2v) is 3.10. The maximum Gasteiger partial charge on any atom is 0.250 e. The van der Waals surface area contributed by atoms with Crippen LogP contribution in [0.1, 0.15) is 5.56 Å². The molecule has 4 heteroatoms. The topological polar surface area (TPSA) is 40.5 Å². The van der Waals surface area contributed by atoms with Crippen LogP contribution < -0.4 is 5.56 Å². The molecule has 0 fully saturated rings. The summed E-state index contributed by atoms with van der Waals surface area (Å²) in [7, 11) is 3.10. The molecule has 0 N–H and O–H groups in total. The van der Waals surface area contributed by atoms with E-state index in [-0.39, 0.29) is 11.8 Å². The molecule has 14 heavy (non-hydrogen) atoms. The molecule has 0 aliphatic heterocycles. The van der Waals surface area contributed by atoms with Crippen molar-refractivity contribution in [1.29, 1.82) is 0 Å². The van der Waals surface area contributed by atoms with Crippen molar-refractivity contribution >= 4 is 0 Å². The van der Waals surface area contributed by atoms with Gasteiger partial charge in [-0.15, -0.1) is 0 Å². The van der Waals surface area contributed by atoms with E-state index < -0.39 is 0 Å². The molecule has 0 aliphatic rings. The van der Waals surface area contributed by atoms with Crippen LogP contribution in [0.2, 0.25) is 0 Å². The van der Waals surface area contributed by atoms with Crippen molar-refractivity contribution in [2.75, 3.05) is 14.2 Å². The zero-order valence-electron chi connectivity index (χ0n) is 8.69. The molecule has 0 bridgehead atoms. The molecule has 78 valence electrons. The Morgan fingerprint density at radius 1 is 1.43 bits per heavy atom. The van der Waals surface area contributed by atoms with Gasteiger partial charge in [0.1, 0.15) is 0 Å². The van der Waals surface area contributed by atoms with Gasteiger partial charge in [0, 0.05) is 26.5 Å². The van der Waals surface area contributed by atoms with Crippen molar-refractivity contribution in [3.63, 3.8) is 0 Å². The first-order valence-electron chi connectivity index (χ1n) is 4.40. The van der Waals surface area contributed by atoms with Gasteiger partial charge in [-0.25, -0.2) is 0 Å². The fourth-order valence-electron chi connectivity index (χ4n) is 1.16.